The lowest BCUT2D eigenvalue weighted by Crippen LogP contribution is -2.15. The fourth-order valence-corrected chi connectivity index (χ4v) is 2.56. The summed E-state index contributed by atoms with van der Waals surface area (Å²) in [5.41, 5.74) is 1.14. The van der Waals surface area contributed by atoms with Crippen molar-refractivity contribution in [2.24, 2.45) is 0 Å². The van der Waals surface area contributed by atoms with Crippen molar-refractivity contribution in [1.29, 1.82) is 0 Å². The lowest BCUT2D eigenvalue weighted by Gasteiger charge is -2.14. The van der Waals surface area contributed by atoms with Crippen LogP contribution >= 0.6 is 15.9 Å². The Morgan fingerprint density at radius 1 is 1.10 bits per heavy atom. The molecule has 0 heterocycles. The highest BCUT2D eigenvalue weighted by atomic mass is 79.9. The maximum atomic E-state index is 6.05. The smallest absolute Gasteiger partial charge is 0.169 e. The molecule has 0 radical (unpaired) electrons. The molecule has 0 aromatic heterocycles. The first-order valence-corrected chi connectivity index (χ1v) is 7.88. The zero-order chi connectivity index (χ0) is 14.7. The van der Waals surface area contributed by atoms with Crippen LogP contribution in [0.1, 0.15) is 18.4 Å². The third kappa shape index (κ3) is 3.77. The fraction of sp³-hybridized carbons (Fsp3) is 0.294. The molecule has 0 atom stereocenters. The summed E-state index contributed by atoms with van der Waals surface area (Å²) in [5.74, 6) is 2.33. The van der Waals surface area contributed by atoms with Gasteiger partial charge in [-0.15, -0.1) is 0 Å². The lowest BCUT2D eigenvalue weighted by atomic mass is 10.2. The van der Waals surface area contributed by atoms with Gasteiger partial charge in [-0.25, -0.2) is 0 Å². The van der Waals surface area contributed by atoms with Crippen molar-refractivity contribution < 1.29 is 9.47 Å². The molecule has 1 aliphatic rings. The van der Waals surface area contributed by atoms with Crippen molar-refractivity contribution in [3.8, 4) is 17.2 Å². The van der Waals surface area contributed by atoms with Gasteiger partial charge in [0, 0.05) is 22.6 Å². The molecule has 0 spiro atoms. The lowest BCUT2D eigenvalue weighted by molar-refractivity contribution is 0.377. The molecule has 1 aliphatic carbocycles. The third-order valence-corrected chi connectivity index (χ3v) is 3.96. The van der Waals surface area contributed by atoms with E-state index in [9.17, 15) is 0 Å². The van der Waals surface area contributed by atoms with E-state index in [0.29, 0.717) is 6.04 Å². The van der Waals surface area contributed by atoms with Crippen molar-refractivity contribution in [1.82, 2.24) is 5.32 Å². The number of rotatable bonds is 6. The number of halogens is 1. The van der Waals surface area contributed by atoms with Gasteiger partial charge in [0.05, 0.1) is 7.11 Å². The minimum atomic E-state index is 0.670. The van der Waals surface area contributed by atoms with E-state index in [4.69, 9.17) is 9.47 Å². The van der Waals surface area contributed by atoms with E-state index >= 15 is 0 Å². The Kier molecular flexibility index (Phi) is 4.46. The van der Waals surface area contributed by atoms with E-state index in [1.54, 1.807) is 7.11 Å². The van der Waals surface area contributed by atoms with Gasteiger partial charge >= 0.3 is 0 Å². The Bertz CT molecular complexity index is 626. The summed E-state index contributed by atoms with van der Waals surface area (Å²) in [4.78, 5) is 0. The molecule has 2 aromatic rings. The number of hydrogen-bond donors (Lipinski definition) is 1. The van der Waals surface area contributed by atoms with Gasteiger partial charge < -0.3 is 14.8 Å². The Balaban J connectivity index is 1.82. The molecule has 4 heteroatoms. The number of ether oxygens (including phenoxy) is 2. The Hall–Kier alpha value is -1.52. The van der Waals surface area contributed by atoms with E-state index in [0.717, 1.165) is 33.8 Å². The van der Waals surface area contributed by atoms with E-state index in [2.05, 4.69) is 27.3 Å². The minimum absolute atomic E-state index is 0.670. The van der Waals surface area contributed by atoms with E-state index in [-0.39, 0.29) is 0 Å². The topological polar surface area (TPSA) is 30.5 Å². The van der Waals surface area contributed by atoms with Crippen LogP contribution in [0.15, 0.2) is 46.9 Å². The molecule has 1 saturated carbocycles. The first-order valence-electron chi connectivity index (χ1n) is 7.09. The van der Waals surface area contributed by atoms with E-state index in [1.165, 1.54) is 12.8 Å². The molecule has 1 fully saturated rings. The average molecular weight is 348 g/mol. The van der Waals surface area contributed by atoms with Crippen molar-refractivity contribution >= 4 is 15.9 Å². The van der Waals surface area contributed by atoms with E-state index < -0.39 is 0 Å². The third-order valence-electron chi connectivity index (χ3n) is 3.47. The molecular weight excluding hydrogens is 330 g/mol. The van der Waals surface area contributed by atoms with Gasteiger partial charge in [0.25, 0.3) is 0 Å². The first-order chi connectivity index (χ1) is 10.3. The number of methoxy groups -OCH3 is 1. The molecule has 0 aliphatic heterocycles. The molecule has 110 valence electrons. The predicted molar refractivity (Wildman–Crippen MR) is 87.1 cm³/mol. The van der Waals surface area contributed by atoms with Crippen LogP contribution < -0.4 is 14.8 Å². The van der Waals surface area contributed by atoms with E-state index in [1.807, 2.05) is 36.4 Å². The summed E-state index contributed by atoms with van der Waals surface area (Å²) < 4.78 is 12.5. The summed E-state index contributed by atoms with van der Waals surface area (Å²) >= 11 is 3.52. The highest BCUT2D eigenvalue weighted by molar-refractivity contribution is 9.10. The number of hydrogen-bond acceptors (Lipinski definition) is 3. The van der Waals surface area contributed by atoms with Crippen molar-refractivity contribution in [3.63, 3.8) is 0 Å². The highest BCUT2D eigenvalue weighted by Crippen LogP contribution is 2.34. The Labute approximate surface area is 133 Å². The van der Waals surface area contributed by atoms with Crippen LogP contribution in [-0.4, -0.2) is 13.2 Å². The fourth-order valence-electron chi connectivity index (χ4n) is 2.15. The normalized spacial score (nSPS) is 14.0. The van der Waals surface area contributed by atoms with Gasteiger partial charge in [-0.05, 0) is 43.2 Å². The van der Waals surface area contributed by atoms with Crippen LogP contribution in [0.3, 0.4) is 0 Å². The van der Waals surface area contributed by atoms with Crippen LogP contribution in [0.25, 0.3) is 0 Å². The molecule has 0 unspecified atom stereocenters. The maximum Gasteiger partial charge on any atom is 0.169 e. The summed E-state index contributed by atoms with van der Waals surface area (Å²) in [7, 11) is 1.65. The number of benzene rings is 2. The minimum Gasteiger partial charge on any atom is -0.493 e. The zero-order valence-electron chi connectivity index (χ0n) is 11.9. The summed E-state index contributed by atoms with van der Waals surface area (Å²) in [6.07, 6.45) is 2.55. The van der Waals surface area contributed by atoms with Gasteiger partial charge in [-0.3, -0.25) is 0 Å². The van der Waals surface area contributed by atoms with Crippen LogP contribution in [0, 0.1) is 0 Å². The SMILES string of the molecule is COc1ccccc1Oc1ccc(Br)cc1CNC1CC1. The molecule has 3 nitrogen and oxygen atoms in total. The summed E-state index contributed by atoms with van der Waals surface area (Å²) in [5, 5.41) is 3.52. The Morgan fingerprint density at radius 2 is 1.86 bits per heavy atom. The quantitative estimate of drug-likeness (QED) is 0.834. The molecule has 0 amide bonds. The summed E-state index contributed by atoms with van der Waals surface area (Å²) in [6, 6.07) is 14.4. The van der Waals surface area contributed by atoms with Gasteiger partial charge in [-0.1, -0.05) is 28.1 Å². The van der Waals surface area contributed by atoms with Gasteiger partial charge in [0.1, 0.15) is 5.75 Å². The largest absolute Gasteiger partial charge is 0.493 e. The Morgan fingerprint density at radius 3 is 2.57 bits per heavy atom. The maximum absolute atomic E-state index is 6.05. The van der Waals surface area contributed by atoms with Crippen LogP contribution in [0.4, 0.5) is 0 Å². The second-order valence-corrected chi connectivity index (χ2v) is 6.08. The van der Waals surface area contributed by atoms with Crippen molar-refractivity contribution in [3.05, 3.63) is 52.5 Å². The predicted octanol–water partition coefficient (Wildman–Crippen LogP) is 4.50. The monoisotopic (exact) mass is 347 g/mol. The number of para-hydroxylation sites is 2. The van der Waals surface area contributed by atoms with Crippen LogP contribution in [0.5, 0.6) is 17.2 Å². The van der Waals surface area contributed by atoms with Gasteiger partial charge in [0.15, 0.2) is 11.5 Å². The number of nitrogens with one attached hydrogen (secondary N) is 1. The van der Waals surface area contributed by atoms with Gasteiger partial charge in [-0.2, -0.15) is 0 Å². The van der Waals surface area contributed by atoms with Gasteiger partial charge in [0.2, 0.25) is 0 Å². The van der Waals surface area contributed by atoms with Crippen molar-refractivity contribution in [2.45, 2.75) is 25.4 Å². The second-order valence-electron chi connectivity index (χ2n) is 5.16. The molecule has 0 bridgehead atoms. The molecular formula is C17H18BrNO2. The highest BCUT2D eigenvalue weighted by Gasteiger charge is 2.21. The summed E-state index contributed by atoms with van der Waals surface area (Å²) in [6.45, 7) is 0.814. The first kappa shape index (κ1) is 14.4. The van der Waals surface area contributed by atoms with Crippen LogP contribution in [-0.2, 0) is 6.54 Å². The van der Waals surface area contributed by atoms with Crippen LogP contribution in [0.2, 0.25) is 0 Å². The molecule has 1 N–H and O–H groups in total. The van der Waals surface area contributed by atoms with Crippen molar-refractivity contribution in [2.75, 3.05) is 7.11 Å². The standard InChI is InChI=1S/C17H18BrNO2/c1-20-16-4-2-3-5-17(16)21-15-9-6-13(18)10-12(15)11-19-14-7-8-14/h2-6,9-10,14,19H,7-8,11H2,1H3. The molecule has 2 aromatic carbocycles. The molecule has 3 rings (SSSR count). The average Bonchev–Trinajstić information content (AvgIpc) is 3.32. The molecule has 0 saturated heterocycles. The second kappa shape index (κ2) is 6.50. The zero-order valence-corrected chi connectivity index (χ0v) is 13.5. The molecule has 21 heavy (non-hydrogen) atoms.